The predicted molar refractivity (Wildman–Crippen MR) is 141 cm³/mol. The van der Waals surface area contributed by atoms with Gasteiger partial charge in [0.15, 0.2) is 0 Å². The number of aryl methyl sites for hydroxylation is 4. The Bertz CT molecular complexity index is 1110. The molecule has 0 heterocycles. The van der Waals surface area contributed by atoms with Crippen molar-refractivity contribution in [3.8, 4) is 11.5 Å². The second-order valence-electron chi connectivity index (χ2n) is 8.62. The van der Waals surface area contributed by atoms with E-state index in [4.69, 9.17) is 14.2 Å². The quantitative estimate of drug-likeness (QED) is 0.295. The van der Waals surface area contributed by atoms with Gasteiger partial charge in [-0.15, -0.1) is 0 Å². The van der Waals surface area contributed by atoms with Crippen LogP contribution in [0.1, 0.15) is 51.9 Å². The molecular formula is C30H35NO4. The zero-order valence-electron chi connectivity index (χ0n) is 21.7. The van der Waals surface area contributed by atoms with Crippen molar-refractivity contribution in [3.05, 3.63) is 99.7 Å². The van der Waals surface area contributed by atoms with Crippen LogP contribution < -0.4 is 14.8 Å². The van der Waals surface area contributed by atoms with Crippen molar-refractivity contribution in [2.75, 3.05) is 20.8 Å². The smallest absolute Gasteiger partial charge is 0.340 e. The number of methoxy groups -OCH3 is 2. The maximum absolute atomic E-state index is 12.8. The number of ether oxygens (including phenoxy) is 3. The van der Waals surface area contributed by atoms with Crippen molar-refractivity contribution in [2.24, 2.45) is 0 Å². The molecule has 0 fully saturated rings. The van der Waals surface area contributed by atoms with Gasteiger partial charge in [0.25, 0.3) is 0 Å². The highest BCUT2D eigenvalue weighted by Gasteiger charge is 2.20. The first-order valence-electron chi connectivity index (χ1n) is 11.8. The molecule has 0 amide bonds. The lowest BCUT2D eigenvalue weighted by molar-refractivity contribution is -0.136. The van der Waals surface area contributed by atoms with E-state index in [1.54, 1.807) is 20.4 Å². The molecule has 0 bridgehead atoms. The third-order valence-electron chi connectivity index (χ3n) is 6.01. The second kappa shape index (κ2) is 11.6. The van der Waals surface area contributed by atoms with Crippen molar-refractivity contribution < 1.29 is 19.0 Å². The minimum atomic E-state index is -0.367. The summed E-state index contributed by atoms with van der Waals surface area (Å²) in [6.45, 7) is 10.3. The third-order valence-corrected chi connectivity index (χ3v) is 6.01. The van der Waals surface area contributed by atoms with Crippen LogP contribution in [-0.4, -0.2) is 26.8 Å². The molecule has 0 spiro atoms. The third kappa shape index (κ3) is 5.86. The zero-order valence-corrected chi connectivity index (χ0v) is 21.7. The Morgan fingerprint density at radius 3 is 1.69 bits per heavy atom. The molecule has 184 valence electrons. The molecule has 3 aromatic rings. The maximum atomic E-state index is 12.8. The van der Waals surface area contributed by atoms with E-state index in [0.717, 1.165) is 50.4 Å². The molecule has 0 aromatic heterocycles. The summed E-state index contributed by atoms with van der Waals surface area (Å²) in [5, 5.41) is 3.53. The molecule has 0 aliphatic rings. The van der Waals surface area contributed by atoms with Gasteiger partial charge in [0, 0.05) is 6.20 Å². The van der Waals surface area contributed by atoms with Gasteiger partial charge in [0.05, 0.1) is 32.4 Å². The highest BCUT2D eigenvalue weighted by molar-refractivity contribution is 6.16. The summed E-state index contributed by atoms with van der Waals surface area (Å²) in [5.41, 5.74) is 7.60. The van der Waals surface area contributed by atoms with Gasteiger partial charge in [-0.1, -0.05) is 30.3 Å². The average Bonchev–Trinajstić information content (AvgIpc) is 2.82. The normalized spacial score (nSPS) is 11.4. The summed E-state index contributed by atoms with van der Waals surface area (Å²) in [7, 11) is 3.38. The topological polar surface area (TPSA) is 56.8 Å². The molecule has 1 N–H and O–H groups in total. The number of hydrogen-bond acceptors (Lipinski definition) is 5. The molecule has 3 rings (SSSR count). The Balaban J connectivity index is 2.16. The first kappa shape index (κ1) is 25.9. The van der Waals surface area contributed by atoms with Gasteiger partial charge in [0.2, 0.25) is 0 Å². The molecule has 0 atom stereocenters. The Labute approximate surface area is 208 Å². The standard InChI is InChI=1S/C30H35NO4/c1-8-35-30(32)26(23-12-10-9-11-13-23)18-31-27(24-14-19(2)28(33-6)20(3)15-24)25-16-21(4)29(34-7)22(5)17-25/h9-18,27,31H,8H2,1-7H3/b26-18+. The fourth-order valence-corrected chi connectivity index (χ4v) is 4.58. The second-order valence-corrected chi connectivity index (χ2v) is 8.62. The molecular weight excluding hydrogens is 438 g/mol. The molecule has 0 saturated carbocycles. The van der Waals surface area contributed by atoms with Crippen molar-refractivity contribution in [3.63, 3.8) is 0 Å². The SMILES string of the molecule is CCOC(=O)/C(=C/NC(c1cc(C)c(OC)c(C)c1)c1cc(C)c(OC)c(C)c1)c1ccccc1. The summed E-state index contributed by atoms with van der Waals surface area (Å²) in [4.78, 5) is 12.8. The van der Waals surface area contributed by atoms with E-state index in [1.807, 2.05) is 65.0 Å². The Morgan fingerprint density at radius 2 is 1.29 bits per heavy atom. The summed E-state index contributed by atoms with van der Waals surface area (Å²) >= 11 is 0. The molecule has 0 unspecified atom stereocenters. The minimum Gasteiger partial charge on any atom is -0.496 e. The number of carbonyl (C=O) groups is 1. The fraction of sp³-hybridized carbons (Fsp3) is 0.300. The zero-order chi connectivity index (χ0) is 25.5. The van der Waals surface area contributed by atoms with Crippen LogP contribution in [0, 0.1) is 27.7 Å². The first-order valence-corrected chi connectivity index (χ1v) is 11.8. The van der Waals surface area contributed by atoms with Crippen LogP contribution in [0.15, 0.2) is 60.8 Å². The van der Waals surface area contributed by atoms with E-state index in [-0.39, 0.29) is 12.0 Å². The van der Waals surface area contributed by atoms with Crippen LogP contribution in [0.3, 0.4) is 0 Å². The van der Waals surface area contributed by atoms with Gasteiger partial charge in [-0.25, -0.2) is 4.79 Å². The average molecular weight is 474 g/mol. The molecule has 3 aromatic carbocycles. The van der Waals surface area contributed by atoms with Crippen LogP contribution in [0.2, 0.25) is 0 Å². The van der Waals surface area contributed by atoms with Crippen LogP contribution >= 0.6 is 0 Å². The van der Waals surface area contributed by atoms with E-state index in [0.29, 0.717) is 12.2 Å². The Hall–Kier alpha value is -3.73. The first-order chi connectivity index (χ1) is 16.8. The van der Waals surface area contributed by atoms with E-state index >= 15 is 0 Å². The summed E-state index contributed by atoms with van der Waals surface area (Å²) < 4.78 is 16.5. The molecule has 0 radical (unpaired) electrons. The largest absolute Gasteiger partial charge is 0.496 e. The fourth-order valence-electron chi connectivity index (χ4n) is 4.58. The van der Waals surface area contributed by atoms with E-state index < -0.39 is 0 Å². The van der Waals surface area contributed by atoms with Crippen molar-refractivity contribution in [1.82, 2.24) is 5.32 Å². The highest BCUT2D eigenvalue weighted by atomic mass is 16.5. The van der Waals surface area contributed by atoms with Crippen LogP contribution in [0.4, 0.5) is 0 Å². The van der Waals surface area contributed by atoms with Crippen molar-refractivity contribution in [1.29, 1.82) is 0 Å². The van der Waals surface area contributed by atoms with Gasteiger partial charge in [-0.3, -0.25) is 0 Å². The number of hydrogen-bond donors (Lipinski definition) is 1. The van der Waals surface area contributed by atoms with Gasteiger partial charge >= 0.3 is 5.97 Å². The lowest BCUT2D eigenvalue weighted by Gasteiger charge is -2.23. The van der Waals surface area contributed by atoms with Crippen LogP contribution in [0.25, 0.3) is 5.57 Å². The predicted octanol–water partition coefficient (Wildman–Crippen LogP) is 6.22. The van der Waals surface area contributed by atoms with Crippen LogP contribution in [-0.2, 0) is 9.53 Å². The number of rotatable bonds is 9. The number of benzene rings is 3. The van der Waals surface area contributed by atoms with E-state index in [2.05, 4.69) is 29.6 Å². The molecule has 5 nitrogen and oxygen atoms in total. The molecule has 0 aliphatic heterocycles. The summed E-state index contributed by atoms with van der Waals surface area (Å²) in [5.74, 6) is 1.39. The summed E-state index contributed by atoms with van der Waals surface area (Å²) in [6.07, 6.45) is 1.77. The van der Waals surface area contributed by atoms with E-state index in [1.165, 1.54) is 0 Å². The minimum absolute atomic E-state index is 0.213. The Morgan fingerprint density at radius 1 is 0.829 bits per heavy atom. The summed E-state index contributed by atoms with van der Waals surface area (Å²) in [6, 6.07) is 17.8. The van der Waals surface area contributed by atoms with Gasteiger partial charge < -0.3 is 19.5 Å². The lowest BCUT2D eigenvalue weighted by Crippen LogP contribution is -2.20. The van der Waals surface area contributed by atoms with Crippen LogP contribution in [0.5, 0.6) is 11.5 Å². The van der Waals surface area contributed by atoms with Gasteiger partial charge in [0.1, 0.15) is 11.5 Å². The van der Waals surface area contributed by atoms with Gasteiger partial charge in [-0.2, -0.15) is 0 Å². The molecule has 0 saturated heterocycles. The number of nitrogens with one attached hydrogen (secondary N) is 1. The number of esters is 1. The van der Waals surface area contributed by atoms with E-state index in [9.17, 15) is 4.79 Å². The molecule has 5 heteroatoms. The van der Waals surface area contributed by atoms with Gasteiger partial charge in [-0.05, 0) is 97.8 Å². The monoisotopic (exact) mass is 473 g/mol. The Kier molecular flexibility index (Phi) is 8.58. The highest BCUT2D eigenvalue weighted by Crippen LogP contribution is 2.34. The van der Waals surface area contributed by atoms with Crippen molar-refractivity contribution >= 4 is 11.5 Å². The maximum Gasteiger partial charge on any atom is 0.340 e. The number of carbonyl (C=O) groups excluding carboxylic acids is 1. The molecule has 0 aliphatic carbocycles. The van der Waals surface area contributed by atoms with Crippen molar-refractivity contribution in [2.45, 2.75) is 40.7 Å². The lowest BCUT2D eigenvalue weighted by atomic mass is 9.92. The molecule has 35 heavy (non-hydrogen) atoms.